The lowest BCUT2D eigenvalue weighted by Crippen LogP contribution is -2.47. The van der Waals surface area contributed by atoms with Gasteiger partial charge in [-0.1, -0.05) is 18.2 Å². The molecule has 5 nitrogen and oxygen atoms in total. The fraction of sp³-hybridized carbons (Fsp3) is 0.588. The van der Waals surface area contributed by atoms with Gasteiger partial charge >= 0.3 is 0 Å². The summed E-state index contributed by atoms with van der Waals surface area (Å²) in [5.74, 6) is -0.303. The third-order valence-electron chi connectivity index (χ3n) is 3.99. The minimum atomic E-state index is -0.242. The second-order valence-corrected chi connectivity index (χ2v) is 6.15. The third kappa shape index (κ3) is 5.27. The van der Waals surface area contributed by atoms with Gasteiger partial charge in [0.2, 0.25) is 5.91 Å². The van der Waals surface area contributed by atoms with E-state index >= 15 is 0 Å². The number of halogens is 1. The average molecular weight is 323 g/mol. The van der Waals surface area contributed by atoms with Gasteiger partial charge in [-0.15, -0.1) is 0 Å². The van der Waals surface area contributed by atoms with E-state index in [1.165, 1.54) is 6.07 Å². The Morgan fingerprint density at radius 2 is 2.17 bits per heavy atom. The van der Waals surface area contributed by atoms with Crippen molar-refractivity contribution >= 4 is 5.91 Å². The van der Waals surface area contributed by atoms with Crippen LogP contribution in [0.3, 0.4) is 0 Å². The lowest BCUT2D eigenvalue weighted by Gasteiger charge is -2.22. The number of carbonyl (C=O) groups excluding carboxylic acids is 1. The van der Waals surface area contributed by atoms with Gasteiger partial charge in [-0.25, -0.2) is 4.39 Å². The SMILES string of the molecule is CCO[C@H]1CN(C)C[C@@H]1NC(=O)CN(C)Cc1ccccc1F. The number of likely N-dealkylation sites (tertiary alicyclic amines) is 1. The van der Waals surface area contributed by atoms with E-state index in [-0.39, 0.29) is 30.4 Å². The molecule has 1 aromatic rings. The van der Waals surface area contributed by atoms with E-state index in [9.17, 15) is 9.18 Å². The standard InChI is InChI=1S/C17H26FN3O2/c1-4-23-16-11-21(3)10-15(16)19-17(22)12-20(2)9-13-7-5-6-8-14(13)18/h5-8,15-16H,4,9-12H2,1-3H3,(H,19,22)/t15-,16-/m0/s1. The molecule has 0 radical (unpaired) electrons. The zero-order valence-corrected chi connectivity index (χ0v) is 14.1. The number of ether oxygens (including phenoxy) is 1. The summed E-state index contributed by atoms with van der Waals surface area (Å²) >= 11 is 0. The van der Waals surface area contributed by atoms with Crippen LogP contribution in [-0.2, 0) is 16.1 Å². The maximum atomic E-state index is 13.6. The normalized spacial score (nSPS) is 21.8. The number of likely N-dealkylation sites (N-methyl/N-ethyl adjacent to an activating group) is 2. The lowest BCUT2D eigenvalue weighted by molar-refractivity contribution is -0.123. The van der Waals surface area contributed by atoms with Gasteiger partial charge in [0.1, 0.15) is 5.82 Å². The van der Waals surface area contributed by atoms with Crippen LogP contribution in [0.25, 0.3) is 0 Å². The number of hydrogen-bond acceptors (Lipinski definition) is 4. The van der Waals surface area contributed by atoms with Crippen molar-refractivity contribution in [1.29, 1.82) is 0 Å². The summed E-state index contributed by atoms with van der Waals surface area (Å²) in [5.41, 5.74) is 0.593. The third-order valence-corrected chi connectivity index (χ3v) is 3.99. The molecule has 1 aliphatic rings. The number of nitrogens with zero attached hydrogens (tertiary/aromatic N) is 2. The van der Waals surface area contributed by atoms with Gasteiger partial charge < -0.3 is 15.0 Å². The van der Waals surface area contributed by atoms with Gasteiger partial charge in [0, 0.05) is 31.8 Å². The fourth-order valence-corrected chi connectivity index (χ4v) is 2.95. The Morgan fingerprint density at radius 3 is 2.87 bits per heavy atom. The number of carbonyl (C=O) groups is 1. The average Bonchev–Trinajstić information content (AvgIpc) is 2.81. The monoisotopic (exact) mass is 323 g/mol. The summed E-state index contributed by atoms with van der Waals surface area (Å²) in [4.78, 5) is 16.2. The fourth-order valence-electron chi connectivity index (χ4n) is 2.95. The first kappa shape index (κ1) is 17.8. The molecule has 1 aromatic carbocycles. The van der Waals surface area contributed by atoms with Gasteiger partial charge in [-0.2, -0.15) is 0 Å². The van der Waals surface area contributed by atoms with Crippen molar-refractivity contribution in [1.82, 2.24) is 15.1 Å². The predicted molar refractivity (Wildman–Crippen MR) is 87.6 cm³/mol. The highest BCUT2D eigenvalue weighted by Crippen LogP contribution is 2.12. The largest absolute Gasteiger partial charge is 0.375 e. The van der Waals surface area contributed by atoms with E-state index in [2.05, 4.69) is 10.2 Å². The van der Waals surface area contributed by atoms with E-state index in [1.54, 1.807) is 18.2 Å². The molecule has 23 heavy (non-hydrogen) atoms. The van der Waals surface area contributed by atoms with Crippen LogP contribution in [-0.4, -0.2) is 68.2 Å². The van der Waals surface area contributed by atoms with Crippen LogP contribution in [0.4, 0.5) is 4.39 Å². The van der Waals surface area contributed by atoms with Gasteiger partial charge in [0.05, 0.1) is 18.7 Å². The van der Waals surface area contributed by atoms with Crippen molar-refractivity contribution in [2.75, 3.05) is 40.3 Å². The molecule has 1 N–H and O–H groups in total. The Morgan fingerprint density at radius 1 is 1.43 bits per heavy atom. The van der Waals surface area contributed by atoms with Gasteiger partial charge in [0.15, 0.2) is 0 Å². The van der Waals surface area contributed by atoms with Crippen molar-refractivity contribution in [3.8, 4) is 0 Å². The van der Waals surface area contributed by atoms with Crippen LogP contribution in [0, 0.1) is 5.82 Å². The number of benzene rings is 1. The second-order valence-electron chi connectivity index (χ2n) is 6.15. The minimum absolute atomic E-state index is 0.00862. The number of hydrogen-bond donors (Lipinski definition) is 1. The van der Waals surface area contributed by atoms with Crippen LogP contribution in [0.2, 0.25) is 0 Å². The molecule has 1 amide bonds. The Labute approximate surface area is 137 Å². The molecule has 0 unspecified atom stereocenters. The summed E-state index contributed by atoms with van der Waals surface area (Å²) in [7, 11) is 3.83. The number of rotatable bonds is 7. The second kappa shape index (κ2) is 8.38. The quantitative estimate of drug-likeness (QED) is 0.816. The topological polar surface area (TPSA) is 44.8 Å². The number of nitrogens with one attached hydrogen (secondary N) is 1. The molecular formula is C17H26FN3O2. The van der Waals surface area contributed by atoms with E-state index < -0.39 is 0 Å². The van der Waals surface area contributed by atoms with Gasteiger partial charge in [-0.3, -0.25) is 9.69 Å². The molecule has 0 bridgehead atoms. The molecule has 0 aromatic heterocycles. The molecule has 1 heterocycles. The minimum Gasteiger partial charge on any atom is -0.375 e. The van der Waals surface area contributed by atoms with Gasteiger partial charge in [-0.05, 0) is 27.1 Å². The molecule has 0 spiro atoms. The summed E-state index contributed by atoms with van der Waals surface area (Å²) in [6.07, 6.45) is 0.0332. The maximum absolute atomic E-state index is 13.6. The van der Waals surface area contributed by atoms with Crippen LogP contribution < -0.4 is 5.32 Å². The Kier molecular flexibility index (Phi) is 6.50. The molecule has 0 saturated carbocycles. The first-order valence-electron chi connectivity index (χ1n) is 8.01. The zero-order valence-electron chi connectivity index (χ0n) is 14.1. The molecule has 0 aliphatic carbocycles. The lowest BCUT2D eigenvalue weighted by atomic mass is 10.2. The summed E-state index contributed by atoms with van der Waals surface area (Å²) < 4.78 is 19.3. The highest BCUT2D eigenvalue weighted by molar-refractivity contribution is 5.78. The smallest absolute Gasteiger partial charge is 0.234 e. The van der Waals surface area contributed by atoms with Crippen molar-refractivity contribution in [3.63, 3.8) is 0 Å². The molecule has 128 valence electrons. The predicted octanol–water partition coefficient (Wildman–Crippen LogP) is 1.09. The summed E-state index contributed by atoms with van der Waals surface area (Å²) in [6.45, 7) is 4.84. The Bertz CT molecular complexity index is 526. The van der Waals surface area contributed by atoms with Crippen molar-refractivity contribution in [2.45, 2.75) is 25.6 Å². The van der Waals surface area contributed by atoms with Crippen molar-refractivity contribution in [2.24, 2.45) is 0 Å². The zero-order chi connectivity index (χ0) is 16.8. The van der Waals surface area contributed by atoms with Gasteiger partial charge in [0.25, 0.3) is 0 Å². The van der Waals surface area contributed by atoms with E-state index in [0.717, 1.165) is 13.1 Å². The van der Waals surface area contributed by atoms with Crippen molar-refractivity contribution in [3.05, 3.63) is 35.6 Å². The van der Waals surface area contributed by atoms with Crippen LogP contribution in [0.1, 0.15) is 12.5 Å². The highest BCUT2D eigenvalue weighted by atomic mass is 19.1. The highest BCUT2D eigenvalue weighted by Gasteiger charge is 2.32. The van der Waals surface area contributed by atoms with Crippen LogP contribution in [0.5, 0.6) is 0 Å². The number of amides is 1. The van der Waals surface area contributed by atoms with E-state index in [1.807, 2.05) is 25.9 Å². The molecule has 1 aliphatic heterocycles. The first-order chi connectivity index (χ1) is 11.0. The first-order valence-corrected chi connectivity index (χ1v) is 8.01. The Hall–Kier alpha value is -1.50. The molecule has 6 heteroatoms. The Balaban J connectivity index is 1.83. The molecule has 1 saturated heterocycles. The van der Waals surface area contributed by atoms with Crippen LogP contribution >= 0.6 is 0 Å². The molecule has 2 atom stereocenters. The van der Waals surface area contributed by atoms with Crippen LogP contribution in [0.15, 0.2) is 24.3 Å². The summed E-state index contributed by atoms with van der Waals surface area (Å²) in [6, 6.07) is 6.64. The molecular weight excluding hydrogens is 297 g/mol. The van der Waals surface area contributed by atoms with E-state index in [0.29, 0.717) is 18.7 Å². The molecule has 2 rings (SSSR count). The molecule has 1 fully saturated rings. The summed E-state index contributed by atoms with van der Waals surface area (Å²) in [5, 5.41) is 3.03. The van der Waals surface area contributed by atoms with Crippen molar-refractivity contribution < 1.29 is 13.9 Å². The maximum Gasteiger partial charge on any atom is 0.234 e. The van der Waals surface area contributed by atoms with E-state index in [4.69, 9.17) is 4.74 Å².